The van der Waals surface area contributed by atoms with Crippen LogP contribution in [0.1, 0.15) is 41.5 Å². The predicted molar refractivity (Wildman–Crippen MR) is 150 cm³/mol. The Bertz CT molecular complexity index is 1510. The Kier molecular flexibility index (Phi) is 10.2. The lowest BCUT2D eigenvalue weighted by Gasteiger charge is -2.14. The van der Waals surface area contributed by atoms with E-state index in [0.717, 1.165) is 30.7 Å². The van der Waals surface area contributed by atoms with Crippen molar-refractivity contribution in [2.24, 2.45) is 0 Å². The largest absolute Gasteiger partial charge is 0.494 e. The molecule has 0 saturated carbocycles. The first-order chi connectivity index (χ1) is 20.2. The number of hydrogen-bond acceptors (Lipinski definition) is 6. The van der Waals surface area contributed by atoms with Crippen LogP contribution in [0.15, 0.2) is 78.0 Å². The van der Waals surface area contributed by atoms with E-state index >= 15 is 0 Å². The number of para-hydroxylation sites is 1. The Labute approximate surface area is 243 Å². The molecule has 220 valence electrons. The first kappa shape index (κ1) is 30.6. The van der Waals surface area contributed by atoms with E-state index in [0.29, 0.717) is 29.4 Å². The molecule has 2 N–H and O–H groups in total. The lowest BCUT2D eigenvalue weighted by Crippen LogP contribution is -2.24. The summed E-state index contributed by atoms with van der Waals surface area (Å²) in [5, 5.41) is 13.5. The fourth-order valence-electron chi connectivity index (χ4n) is 3.81. The van der Waals surface area contributed by atoms with Gasteiger partial charge in [-0.25, -0.2) is 4.39 Å². The molecule has 0 unspecified atom stereocenters. The zero-order valence-corrected chi connectivity index (χ0v) is 23.3. The van der Waals surface area contributed by atoms with Crippen molar-refractivity contribution in [1.29, 1.82) is 0 Å². The number of nitrogens with zero attached hydrogens (tertiary/aromatic N) is 3. The third kappa shape index (κ3) is 8.09. The summed E-state index contributed by atoms with van der Waals surface area (Å²) in [5.74, 6) is -0.878. The van der Waals surface area contributed by atoms with Gasteiger partial charge in [-0.15, -0.1) is 10.2 Å². The van der Waals surface area contributed by atoms with Crippen LogP contribution < -0.4 is 15.4 Å². The number of thioether (sulfide) groups is 1. The topological polar surface area (TPSA) is 98.1 Å². The molecule has 4 rings (SSSR count). The van der Waals surface area contributed by atoms with Gasteiger partial charge >= 0.3 is 6.18 Å². The van der Waals surface area contributed by atoms with E-state index < -0.39 is 23.5 Å². The van der Waals surface area contributed by atoms with Gasteiger partial charge in [-0.05, 0) is 67.1 Å². The molecule has 1 aromatic heterocycles. The second-order valence-electron chi connectivity index (χ2n) is 9.00. The van der Waals surface area contributed by atoms with Gasteiger partial charge in [0.25, 0.3) is 5.91 Å². The normalized spacial score (nSPS) is 11.3. The summed E-state index contributed by atoms with van der Waals surface area (Å²) in [5.41, 5.74) is -0.463. The summed E-state index contributed by atoms with van der Waals surface area (Å²) >= 11 is 0.924. The summed E-state index contributed by atoms with van der Waals surface area (Å²) in [6, 6.07) is 16.8. The van der Waals surface area contributed by atoms with Crippen molar-refractivity contribution in [2.75, 3.05) is 17.7 Å². The van der Waals surface area contributed by atoms with Crippen molar-refractivity contribution in [1.82, 2.24) is 20.1 Å². The van der Waals surface area contributed by atoms with Crippen LogP contribution in [0.5, 0.6) is 5.75 Å². The summed E-state index contributed by atoms with van der Waals surface area (Å²) in [7, 11) is 0. The molecule has 0 bridgehead atoms. The molecular weight excluding hydrogens is 574 g/mol. The van der Waals surface area contributed by atoms with Crippen LogP contribution in [-0.4, -0.2) is 38.9 Å². The number of rotatable bonds is 12. The van der Waals surface area contributed by atoms with Crippen molar-refractivity contribution in [2.45, 2.75) is 37.6 Å². The number of hydrogen-bond donors (Lipinski definition) is 2. The van der Waals surface area contributed by atoms with Gasteiger partial charge in [0.1, 0.15) is 11.6 Å². The number of aromatic nitrogens is 3. The number of unbranched alkanes of at least 4 members (excludes halogenated alkanes) is 1. The highest BCUT2D eigenvalue weighted by atomic mass is 32.2. The number of ether oxygens (including phenoxy) is 1. The zero-order valence-electron chi connectivity index (χ0n) is 22.5. The Hall–Kier alpha value is -4.39. The minimum Gasteiger partial charge on any atom is -0.494 e. The van der Waals surface area contributed by atoms with E-state index in [-0.39, 0.29) is 29.0 Å². The number of carbonyl (C=O) groups is 2. The average molecular weight is 602 g/mol. The summed E-state index contributed by atoms with van der Waals surface area (Å²) in [6.45, 7) is 2.60. The standard InChI is InChI=1S/C29H27F4N5O3S/c1-2-3-16-41-22-14-8-19(9-15-22)27(40)34-17-25-36-37-28(38(25)21-12-10-20(30)11-13-21)42-18-26(39)35-24-7-5-4-6-23(24)29(31,32)33/h4-15H,2-3,16-18H2,1H3,(H,34,40)(H,35,39). The molecule has 8 nitrogen and oxygen atoms in total. The van der Waals surface area contributed by atoms with Gasteiger partial charge in [-0.2, -0.15) is 13.2 Å². The monoisotopic (exact) mass is 601 g/mol. The molecule has 1 heterocycles. The van der Waals surface area contributed by atoms with Gasteiger partial charge in [0.05, 0.1) is 30.2 Å². The molecule has 4 aromatic rings. The lowest BCUT2D eigenvalue weighted by atomic mass is 10.1. The van der Waals surface area contributed by atoms with E-state index in [1.54, 1.807) is 24.3 Å². The highest BCUT2D eigenvalue weighted by Crippen LogP contribution is 2.34. The second-order valence-corrected chi connectivity index (χ2v) is 9.94. The quantitative estimate of drug-likeness (QED) is 0.113. The number of anilines is 1. The molecule has 0 fully saturated rings. The first-order valence-corrected chi connectivity index (χ1v) is 13.9. The van der Waals surface area contributed by atoms with Gasteiger partial charge in [0, 0.05) is 11.3 Å². The first-order valence-electron chi connectivity index (χ1n) is 13.0. The molecule has 0 aliphatic heterocycles. The third-order valence-electron chi connectivity index (χ3n) is 5.91. The number of amides is 2. The van der Waals surface area contributed by atoms with Crippen LogP contribution >= 0.6 is 11.8 Å². The fraction of sp³-hybridized carbons (Fsp3) is 0.241. The van der Waals surface area contributed by atoms with Crippen LogP contribution in [0.25, 0.3) is 5.69 Å². The van der Waals surface area contributed by atoms with Gasteiger partial charge < -0.3 is 15.4 Å². The van der Waals surface area contributed by atoms with Crippen LogP contribution in [0.3, 0.4) is 0 Å². The van der Waals surface area contributed by atoms with E-state index in [4.69, 9.17) is 4.74 Å². The Morgan fingerprint density at radius 3 is 2.38 bits per heavy atom. The highest BCUT2D eigenvalue weighted by molar-refractivity contribution is 7.99. The van der Waals surface area contributed by atoms with Crippen LogP contribution in [-0.2, 0) is 17.5 Å². The minimum absolute atomic E-state index is 0.0519. The van der Waals surface area contributed by atoms with Crippen LogP contribution in [0.4, 0.5) is 23.2 Å². The van der Waals surface area contributed by atoms with E-state index in [1.165, 1.54) is 47.0 Å². The van der Waals surface area contributed by atoms with E-state index in [2.05, 4.69) is 27.8 Å². The second kappa shape index (κ2) is 14.0. The summed E-state index contributed by atoms with van der Waals surface area (Å²) in [6.07, 6.45) is -2.70. The smallest absolute Gasteiger partial charge is 0.418 e. The van der Waals surface area contributed by atoms with Crippen molar-refractivity contribution < 1.29 is 31.9 Å². The summed E-state index contributed by atoms with van der Waals surface area (Å²) in [4.78, 5) is 25.3. The molecule has 3 aromatic carbocycles. The number of halogens is 4. The zero-order chi connectivity index (χ0) is 30.1. The molecule has 0 spiro atoms. The van der Waals surface area contributed by atoms with Gasteiger partial charge in [-0.1, -0.05) is 37.2 Å². The van der Waals surface area contributed by atoms with Crippen molar-refractivity contribution >= 4 is 29.3 Å². The average Bonchev–Trinajstić information content (AvgIpc) is 3.38. The fourth-order valence-corrected chi connectivity index (χ4v) is 4.58. The number of nitrogens with one attached hydrogen (secondary N) is 2. The number of benzene rings is 3. The maximum absolute atomic E-state index is 13.6. The molecule has 2 amide bonds. The molecule has 0 atom stereocenters. The number of alkyl halides is 3. The van der Waals surface area contributed by atoms with Crippen LogP contribution in [0, 0.1) is 5.82 Å². The van der Waals surface area contributed by atoms with Crippen molar-refractivity contribution in [3.05, 3.63) is 95.6 Å². The van der Waals surface area contributed by atoms with Crippen molar-refractivity contribution in [3.8, 4) is 11.4 Å². The minimum atomic E-state index is -4.64. The molecule has 0 aliphatic rings. The van der Waals surface area contributed by atoms with E-state index in [9.17, 15) is 27.2 Å². The molecule has 0 radical (unpaired) electrons. The number of carbonyl (C=O) groups excluding carboxylic acids is 2. The third-order valence-corrected chi connectivity index (χ3v) is 6.84. The van der Waals surface area contributed by atoms with Gasteiger partial charge in [0.15, 0.2) is 11.0 Å². The predicted octanol–water partition coefficient (Wildman–Crippen LogP) is 6.26. The van der Waals surface area contributed by atoms with Gasteiger partial charge in [-0.3, -0.25) is 14.2 Å². The van der Waals surface area contributed by atoms with Crippen LogP contribution in [0.2, 0.25) is 0 Å². The maximum Gasteiger partial charge on any atom is 0.418 e. The SMILES string of the molecule is CCCCOc1ccc(C(=O)NCc2nnc(SCC(=O)Nc3ccccc3C(F)(F)F)n2-c2ccc(F)cc2)cc1. The molecule has 0 aliphatic carbocycles. The molecule has 13 heteroatoms. The van der Waals surface area contributed by atoms with Crippen molar-refractivity contribution in [3.63, 3.8) is 0 Å². The van der Waals surface area contributed by atoms with Gasteiger partial charge in [0.2, 0.25) is 5.91 Å². The lowest BCUT2D eigenvalue weighted by molar-refractivity contribution is -0.137. The highest BCUT2D eigenvalue weighted by Gasteiger charge is 2.33. The molecular formula is C29H27F4N5O3S. The Morgan fingerprint density at radius 1 is 0.976 bits per heavy atom. The Morgan fingerprint density at radius 2 is 1.69 bits per heavy atom. The summed E-state index contributed by atoms with van der Waals surface area (Å²) < 4.78 is 60.7. The Balaban J connectivity index is 1.46. The maximum atomic E-state index is 13.6. The molecule has 0 saturated heterocycles. The molecule has 42 heavy (non-hydrogen) atoms. The van der Waals surface area contributed by atoms with E-state index in [1.807, 2.05) is 0 Å².